The number of ether oxygens (including phenoxy) is 1. The van der Waals surface area contributed by atoms with Crippen LogP contribution >= 0.6 is 0 Å². The van der Waals surface area contributed by atoms with Gasteiger partial charge in [0.25, 0.3) is 0 Å². The number of hydrogen-bond acceptors (Lipinski definition) is 4. The minimum atomic E-state index is 0.607. The Kier molecular flexibility index (Phi) is 3.94. The summed E-state index contributed by atoms with van der Waals surface area (Å²) in [5.41, 5.74) is 2.10. The summed E-state index contributed by atoms with van der Waals surface area (Å²) in [5.74, 6) is 1.32. The molecule has 0 fully saturated rings. The van der Waals surface area contributed by atoms with Crippen molar-refractivity contribution in [3.05, 3.63) is 35.8 Å². The van der Waals surface area contributed by atoms with Crippen molar-refractivity contribution in [1.82, 2.24) is 20.1 Å². The Balaban J connectivity index is 2.17. The largest absolute Gasteiger partial charge is 0.436 e. The third-order valence-corrected chi connectivity index (χ3v) is 2.53. The van der Waals surface area contributed by atoms with Gasteiger partial charge in [0.05, 0.1) is 12.4 Å². The second-order valence-electron chi connectivity index (χ2n) is 4.12. The van der Waals surface area contributed by atoms with Crippen LogP contribution in [0.25, 0.3) is 0 Å². The topological polar surface area (TPSA) is 52.0 Å². The first-order valence-corrected chi connectivity index (χ1v) is 6.03. The van der Waals surface area contributed by atoms with Crippen LogP contribution in [0.3, 0.4) is 0 Å². The zero-order valence-corrected chi connectivity index (χ0v) is 11.0. The van der Waals surface area contributed by atoms with Crippen molar-refractivity contribution in [3.63, 3.8) is 0 Å². The van der Waals surface area contributed by atoms with Crippen LogP contribution in [0.5, 0.6) is 11.6 Å². The maximum absolute atomic E-state index is 5.71. The quantitative estimate of drug-likeness (QED) is 0.878. The molecule has 1 N–H and O–H groups in total. The molecule has 0 unspecified atom stereocenters. The molecular formula is C13H18N4O. The summed E-state index contributed by atoms with van der Waals surface area (Å²) >= 11 is 0. The van der Waals surface area contributed by atoms with Crippen LogP contribution in [0.2, 0.25) is 0 Å². The van der Waals surface area contributed by atoms with Gasteiger partial charge in [0.15, 0.2) is 5.75 Å². The molecule has 0 amide bonds. The Hall–Kier alpha value is -1.88. The highest BCUT2D eigenvalue weighted by Crippen LogP contribution is 2.20. The van der Waals surface area contributed by atoms with Gasteiger partial charge in [-0.25, -0.2) is 4.98 Å². The maximum Gasteiger partial charge on any atom is 0.219 e. The van der Waals surface area contributed by atoms with Gasteiger partial charge in [0, 0.05) is 24.8 Å². The lowest BCUT2D eigenvalue weighted by Crippen LogP contribution is -2.06. The predicted molar refractivity (Wildman–Crippen MR) is 69.7 cm³/mol. The van der Waals surface area contributed by atoms with Gasteiger partial charge in [-0.2, -0.15) is 5.10 Å². The van der Waals surface area contributed by atoms with E-state index >= 15 is 0 Å². The Morgan fingerprint density at radius 1 is 1.39 bits per heavy atom. The predicted octanol–water partition coefficient (Wildman–Crippen LogP) is 2.12. The minimum Gasteiger partial charge on any atom is -0.436 e. The molecule has 96 valence electrons. The molecule has 0 aliphatic heterocycles. The fourth-order valence-corrected chi connectivity index (χ4v) is 1.76. The first kappa shape index (κ1) is 12.6. The molecule has 2 heterocycles. The average molecular weight is 246 g/mol. The van der Waals surface area contributed by atoms with E-state index in [0.29, 0.717) is 11.6 Å². The van der Waals surface area contributed by atoms with Crippen LogP contribution in [0.15, 0.2) is 24.5 Å². The first-order valence-electron chi connectivity index (χ1n) is 6.03. The molecule has 0 aliphatic rings. The van der Waals surface area contributed by atoms with E-state index in [1.54, 1.807) is 6.20 Å². The van der Waals surface area contributed by atoms with Crippen LogP contribution in [0, 0.1) is 6.92 Å². The summed E-state index contributed by atoms with van der Waals surface area (Å²) in [7, 11) is 1.92. The Morgan fingerprint density at radius 2 is 2.22 bits per heavy atom. The standard InChI is InChI=1S/C13H18N4O/c1-4-17-9-12(8-15-17)18-13-6-11(7-14-3)5-10(2)16-13/h5-6,8-9,14H,4,7H2,1-3H3. The smallest absolute Gasteiger partial charge is 0.219 e. The third kappa shape index (κ3) is 3.07. The normalized spacial score (nSPS) is 10.6. The number of rotatable bonds is 5. The summed E-state index contributed by atoms with van der Waals surface area (Å²) in [6.45, 7) is 5.62. The SMILES string of the molecule is CCn1cc(Oc2cc(CNC)cc(C)n2)cn1. The first-order chi connectivity index (χ1) is 8.71. The Morgan fingerprint density at radius 3 is 2.89 bits per heavy atom. The van der Waals surface area contributed by atoms with Gasteiger partial charge in [-0.3, -0.25) is 4.68 Å². The molecule has 0 saturated carbocycles. The fourth-order valence-electron chi connectivity index (χ4n) is 1.76. The summed E-state index contributed by atoms with van der Waals surface area (Å²) in [5, 5.41) is 7.28. The van der Waals surface area contributed by atoms with Crippen LogP contribution in [-0.4, -0.2) is 21.8 Å². The van der Waals surface area contributed by atoms with Gasteiger partial charge >= 0.3 is 0 Å². The molecule has 18 heavy (non-hydrogen) atoms. The second kappa shape index (κ2) is 5.64. The lowest BCUT2D eigenvalue weighted by molar-refractivity contribution is 0.459. The van der Waals surface area contributed by atoms with Crippen molar-refractivity contribution in [2.45, 2.75) is 26.9 Å². The summed E-state index contributed by atoms with van der Waals surface area (Å²) in [4.78, 5) is 4.36. The van der Waals surface area contributed by atoms with Crippen LogP contribution in [-0.2, 0) is 13.1 Å². The van der Waals surface area contributed by atoms with Crippen molar-refractivity contribution in [2.24, 2.45) is 0 Å². The van der Waals surface area contributed by atoms with Crippen molar-refractivity contribution < 1.29 is 4.74 Å². The molecular weight excluding hydrogens is 228 g/mol. The number of nitrogens with zero attached hydrogens (tertiary/aromatic N) is 3. The lowest BCUT2D eigenvalue weighted by atomic mass is 10.2. The molecule has 5 heteroatoms. The number of aromatic nitrogens is 3. The van der Waals surface area contributed by atoms with E-state index in [1.165, 1.54) is 0 Å². The molecule has 0 atom stereocenters. The molecule has 2 aromatic heterocycles. The van der Waals surface area contributed by atoms with Gasteiger partial charge in [-0.15, -0.1) is 0 Å². The zero-order valence-electron chi connectivity index (χ0n) is 11.0. The Labute approximate surface area is 107 Å². The van der Waals surface area contributed by atoms with Crippen LogP contribution < -0.4 is 10.1 Å². The molecule has 0 spiro atoms. The van der Waals surface area contributed by atoms with Crippen molar-refractivity contribution >= 4 is 0 Å². The van der Waals surface area contributed by atoms with Crippen molar-refractivity contribution in [3.8, 4) is 11.6 Å². The second-order valence-corrected chi connectivity index (χ2v) is 4.12. The van der Waals surface area contributed by atoms with E-state index in [-0.39, 0.29) is 0 Å². The average Bonchev–Trinajstić information content (AvgIpc) is 2.76. The number of hydrogen-bond donors (Lipinski definition) is 1. The van der Waals surface area contributed by atoms with E-state index in [1.807, 2.05) is 43.9 Å². The zero-order chi connectivity index (χ0) is 13.0. The summed E-state index contributed by atoms with van der Waals surface area (Å²) in [6.07, 6.45) is 3.56. The van der Waals surface area contributed by atoms with Gasteiger partial charge < -0.3 is 10.1 Å². The number of nitrogens with one attached hydrogen (secondary N) is 1. The lowest BCUT2D eigenvalue weighted by Gasteiger charge is -2.06. The van der Waals surface area contributed by atoms with E-state index in [2.05, 4.69) is 15.4 Å². The van der Waals surface area contributed by atoms with E-state index in [4.69, 9.17) is 4.74 Å². The molecule has 5 nitrogen and oxygen atoms in total. The van der Waals surface area contributed by atoms with Gasteiger partial charge in [0.1, 0.15) is 0 Å². The number of pyridine rings is 1. The van der Waals surface area contributed by atoms with Gasteiger partial charge in [-0.1, -0.05) is 0 Å². The molecule has 0 saturated heterocycles. The highest BCUT2D eigenvalue weighted by atomic mass is 16.5. The minimum absolute atomic E-state index is 0.607. The van der Waals surface area contributed by atoms with Crippen LogP contribution in [0.1, 0.15) is 18.2 Å². The van der Waals surface area contributed by atoms with E-state index < -0.39 is 0 Å². The monoisotopic (exact) mass is 246 g/mol. The van der Waals surface area contributed by atoms with Crippen molar-refractivity contribution in [2.75, 3.05) is 7.05 Å². The maximum atomic E-state index is 5.71. The summed E-state index contributed by atoms with van der Waals surface area (Å²) < 4.78 is 7.53. The number of aryl methyl sites for hydroxylation is 2. The molecule has 0 bridgehead atoms. The van der Waals surface area contributed by atoms with E-state index in [9.17, 15) is 0 Å². The highest BCUT2D eigenvalue weighted by Gasteiger charge is 2.04. The van der Waals surface area contributed by atoms with Crippen LogP contribution in [0.4, 0.5) is 0 Å². The highest BCUT2D eigenvalue weighted by molar-refractivity contribution is 5.28. The van der Waals surface area contributed by atoms with Crippen molar-refractivity contribution in [1.29, 1.82) is 0 Å². The molecule has 2 aromatic rings. The molecule has 0 aliphatic carbocycles. The summed E-state index contributed by atoms with van der Waals surface area (Å²) in [6, 6.07) is 3.98. The van der Waals surface area contributed by atoms with E-state index in [0.717, 1.165) is 24.3 Å². The third-order valence-electron chi connectivity index (χ3n) is 2.53. The van der Waals surface area contributed by atoms with Gasteiger partial charge in [-0.05, 0) is 32.5 Å². The molecule has 2 rings (SSSR count). The van der Waals surface area contributed by atoms with Gasteiger partial charge in [0.2, 0.25) is 5.88 Å². The Bertz CT molecular complexity index is 521. The fraction of sp³-hybridized carbons (Fsp3) is 0.385. The molecule has 0 radical (unpaired) electrons. The molecule has 0 aromatic carbocycles.